The third-order valence-corrected chi connectivity index (χ3v) is 9.14. The number of nitrogens with zero attached hydrogens (tertiary/aromatic N) is 4. The molecule has 5 rings (SSSR count). The van der Waals surface area contributed by atoms with Gasteiger partial charge in [-0.3, -0.25) is 18.6 Å². The van der Waals surface area contributed by atoms with E-state index in [9.17, 15) is 22.4 Å². The molecule has 1 aromatic carbocycles. The molecule has 9 nitrogen and oxygen atoms in total. The van der Waals surface area contributed by atoms with E-state index in [1.165, 1.54) is 22.8 Å². The number of fused-ring (bicyclic) bond motifs is 1. The van der Waals surface area contributed by atoms with Crippen LogP contribution in [0.4, 0.5) is 4.39 Å². The van der Waals surface area contributed by atoms with Gasteiger partial charge in [-0.15, -0.1) is 11.3 Å². The van der Waals surface area contributed by atoms with Gasteiger partial charge in [0.25, 0.3) is 15.6 Å². The van der Waals surface area contributed by atoms with Crippen LogP contribution in [-0.2, 0) is 30.2 Å². The third-order valence-electron chi connectivity index (χ3n) is 5.87. The van der Waals surface area contributed by atoms with Crippen molar-refractivity contribution in [3.8, 4) is 0 Å². The second-order valence-corrected chi connectivity index (χ2v) is 11.8. The Labute approximate surface area is 198 Å². The van der Waals surface area contributed by atoms with Gasteiger partial charge < -0.3 is 0 Å². The van der Waals surface area contributed by atoms with Gasteiger partial charge in [-0.1, -0.05) is 12.1 Å². The van der Waals surface area contributed by atoms with E-state index in [-0.39, 0.29) is 27.5 Å². The Morgan fingerprint density at radius 2 is 1.79 bits per heavy atom. The molecule has 0 aliphatic heterocycles. The Balaban J connectivity index is 1.68. The summed E-state index contributed by atoms with van der Waals surface area (Å²) in [6, 6.07) is 6.99. The summed E-state index contributed by atoms with van der Waals surface area (Å²) < 4.78 is 46.0. The summed E-state index contributed by atoms with van der Waals surface area (Å²) in [5.41, 5.74) is -0.352. The second kappa shape index (κ2) is 8.00. The average molecular weight is 504 g/mol. The molecule has 34 heavy (non-hydrogen) atoms. The molecule has 4 aromatic rings. The standard InChI is InChI=1S/C22H22FN5O4S2/c1-22(7-8-22)25-34(31,32)18-9-17-19(29)27(13-15-10-24-26(2)11-15)21(30)28(20(17)33-18)12-14-3-5-16(23)6-4-14/h3-6,9-11,25H,7-8,12-13H2,1-2H3. The minimum absolute atomic E-state index is 0.0148. The first-order valence-corrected chi connectivity index (χ1v) is 12.9. The summed E-state index contributed by atoms with van der Waals surface area (Å²) in [6.45, 7) is 1.86. The number of sulfonamides is 1. The molecular formula is C22H22FN5O4S2. The topological polar surface area (TPSA) is 108 Å². The van der Waals surface area contributed by atoms with Gasteiger partial charge in [0, 0.05) is 24.3 Å². The van der Waals surface area contributed by atoms with E-state index >= 15 is 0 Å². The summed E-state index contributed by atoms with van der Waals surface area (Å²) in [7, 11) is -2.14. The SMILES string of the molecule is Cn1cc(Cn2c(=O)c3cc(S(=O)(=O)NC4(C)CC4)sc3n(Cc3ccc(F)cc3)c2=O)cn1. The summed E-state index contributed by atoms with van der Waals surface area (Å²) in [5, 5.41) is 4.22. The number of hydrogen-bond donors (Lipinski definition) is 1. The van der Waals surface area contributed by atoms with Gasteiger partial charge in [-0.2, -0.15) is 5.10 Å². The quantitative estimate of drug-likeness (QED) is 0.415. The van der Waals surface area contributed by atoms with Crippen LogP contribution >= 0.6 is 11.3 Å². The highest BCUT2D eigenvalue weighted by atomic mass is 32.2. The number of aryl methyl sites for hydroxylation is 1. The van der Waals surface area contributed by atoms with Crippen LogP contribution in [0.1, 0.15) is 30.9 Å². The number of halogens is 1. The smallest absolute Gasteiger partial charge is 0.280 e. The predicted octanol–water partition coefficient (Wildman–Crippen LogP) is 2.02. The fourth-order valence-electron chi connectivity index (χ4n) is 3.76. The van der Waals surface area contributed by atoms with Gasteiger partial charge in [0.1, 0.15) is 14.9 Å². The maximum atomic E-state index is 13.5. The van der Waals surface area contributed by atoms with Crippen LogP contribution in [-0.4, -0.2) is 32.9 Å². The molecule has 1 N–H and O–H groups in total. The molecule has 0 unspecified atom stereocenters. The van der Waals surface area contributed by atoms with E-state index < -0.39 is 32.6 Å². The van der Waals surface area contributed by atoms with Crippen molar-refractivity contribution in [2.45, 2.75) is 42.6 Å². The Morgan fingerprint density at radius 3 is 2.41 bits per heavy atom. The molecule has 0 radical (unpaired) electrons. The van der Waals surface area contributed by atoms with Gasteiger partial charge in [0.15, 0.2) is 0 Å². The Morgan fingerprint density at radius 1 is 1.12 bits per heavy atom. The van der Waals surface area contributed by atoms with Crippen LogP contribution in [0.25, 0.3) is 10.2 Å². The van der Waals surface area contributed by atoms with Crippen molar-refractivity contribution in [3.63, 3.8) is 0 Å². The molecule has 0 spiro atoms. The monoisotopic (exact) mass is 503 g/mol. The summed E-state index contributed by atoms with van der Waals surface area (Å²) in [4.78, 5) is 27.0. The van der Waals surface area contributed by atoms with Gasteiger partial charge in [0.05, 0.1) is 24.7 Å². The van der Waals surface area contributed by atoms with Gasteiger partial charge in [-0.05, 0) is 43.5 Å². The van der Waals surface area contributed by atoms with Crippen LogP contribution < -0.4 is 16.0 Å². The van der Waals surface area contributed by atoms with Gasteiger partial charge in [-0.25, -0.2) is 22.3 Å². The van der Waals surface area contributed by atoms with Crippen molar-refractivity contribution >= 4 is 31.6 Å². The van der Waals surface area contributed by atoms with Crippen LogP contribution in [0.3, 0.4) is 0 Å². The molecule has 1 aliphatic rings. The molecule has 3 heterocycles. The maximum Gasteiger partial charge on any atom is 0.332 e. The number of benzene rings is 1. The Bertz CT molecular complexity index is 1630. The normalized spacial score (nSPS) is 15.1. The molecule has 178 valence electrons. The molecule has 0 bridgehead atoms. The minimum Gasteiger partial charge on any atom is -0.280 e. The maximum absolute atomic E-state index is 13.5. The van der Waals surface area contributed by atoms with E-state index in [1.54, 1.807) is 36.3 Å². The minimum atomic E-state index is -3.87. The average Bonchev–Trinajstić information content (AvgIpc) is 3.14. The summed E-state index contributed by atoms with van der Waals surface area (Å²) in [6.07, 6.45) is 4.74. The number of rotatable bonds is 7. The number of nitrogens with one attached hydrogen (secondary N) is 1. The highest BCUT2D eigenvalue weighted by Crippen LogP contribution is 2.37. The molecule has 1 aliphatic carbocycles. The molecule has 0 atom stereocenters. The fraction of sp³-hybridized carbons (Fsp3) is 0.318. The Kier molecular flexibility index (Phi) is 5.34. The van der Waals surface area contributed by atoms with E-state index in [1.807, 2.05) is 6.92 Å². The molecule has 12 heteroatoms. The summed E-state index contributed by atoms with van der Waals surface area (Å²) >= 11 is 0.878. The van der Waals surface area contributed by atoms with E-state index in [0.29, 0.717) is 11.1 Å². The molecule has 3 aromatic heterocycles. The zero-order valence-electron chi connectivity index (χ0n) is 18.5. The first kappa shape index (κ1) is 22.7. The van der Waals surface area contributed by atoms with E-state index in [2.05, 4.69) is 9.82 Å². The first-order valence-electron chi connectivity index (χ1n) is 10.6. The van der Waals surface area contributed by atoms with Crippen LogP contribution in [0.5, 0.6) is 0 Å². The van der Waals surface area contributed by atoms with Crippen LogP contribution in [0.2, 0.25) is 0 Å². The van der Waals surface area contributed by atoms with E-state index in [0.717, 1.165) is 28.7 Å². The molecule has 1 fully saturated rings. The lowest BCUT2D eigenvalue weighted by Gasteiger charge is -2.12. The highest BCUT2D eigenvalue weighted by molar-refractivity contribution is 7.91. The molecule has 0 amide bonds. The van der Waals surface area contributed by atoms with Crippen molar-refractivity contribution in [1.29, 1.82) is 0 Å². The lowest BCUT2D eigenvalue weighted by atomic mass is 10.2. The second-order valence-electron chi connectivity index (χ2n) is 8.86. The van der Waals surface area contributed by atoms with Crippen LogP contribution in [0.15, 0.2) is 56.5 Å². The first-order chi connectivity index (χ1) is 16.0. The molecule has 1 saturated carbocycles. The molecular weight excluding hydrogens is 481 g/mol. The van der Waals surface area contributed by atoms with Crippen molar-refractivity contribution in [1.82, 2.24) is 23.6 Å². The van der Waals surface area contributed by atoms with Crippen molar-refractivity contribution in [3.05, 3.63) is 80.5 Å². The van der Waals surface area contributed by atoms with Crippen LogP contribution in [0, 0.1) is 5.82 Å². The van der Waals surface area contributed by atoms with Crippen molar-refractivity contribution in [2.24, 2.45) is 7.05 Å². The van der Waals surface area contributed by atoms with Crippen molar-refractivity contribution < 1.29 is 12.8 Å². The fourth-order valence-corrected chi connectivity index (χ4v) is 6.67. The number of hydrogen-bond acceptors (Lipinski definition) is 6. The lowest BCUT2D eigenvalue weighted by Crippen LogP contribution is -2.40. The number of aromatic nitrogens is 4. The third kappa shape index (κ3) is 4.24. The largest absolute Gasteiger partial charge is 0.332 e. The highest BCUT2D eigenvalue weighted by Gasteiger charge is 2.41. The van der Waals surface area contributed by atoms with E-state index in [4.69, 9.17) is 0 Å². The lowest BCUT2D eigenvalue weighted by molar-refractivity contribution is 0.560. The van der Waals surface area contributed by atoms with Crippen molar-refractivity contribution in [2.75, 3.05) is 0 Å². The predicted molar refractivity (Wildman–Crippen MR) is 126 cm³/mol. The molecule has 0 saturated heterocycles. The Hall–Kier alpha value is -3.09. The number of thiophene rings is 1. The van der Waals surface area contributed by atoms with Gasteiger partial charge >= 0.3 is 5.69 Å². The summed E-state index contributed by atoms with van der Waals surface area (Å²) in [5.74, 6) is -0.410. The van der Waals surface area contributed by atoms with Gasteiger partial charge in [0.2, 0.25) is 0 Å². The zero-order valence-corrected chi connectivity index (χ0v) is 20.1. The zero-order chi connectivity index (χ0) is 24.3.